The van der Waals surface area contributed by atoms with Gasteiger partial charge in [0.25, 0.3) is 11.1 Å². The van der Waals surface area contributed by atoms with Crippen molar-refractivity contribution in [1.82, 2.24) is 4.90 Å². The standard InChI is InChI=1S/C18H12ClNO5S/c19-13-5-2-1-4-12(13)14-8-7-11(25-14)10-15-17(23)20(18(24)26-15)9-3-6-16(21)22/h1-8,10H,9H2,(H,21,22)/b6-3+,15-10-. The molecule has 6 nitrogen and oxygen atoms in total. The fourth-order valence-electron chi connectivity index (χ4n) is 2.28. The van der Waals surface area contributed by atoms with Gasteiger partial charge < -0.3 is 9.52 Å². The first kappa shape index (κ1) is 18.0. The van der Waals surface area contributed by atoms with Crippen LogP contribution >= 0.6 is 23.4 Å². The zero-order chi connectivity index (χ0) is 18.7. The van der Waals surface area contributed by atoms with Crippen molar-refractivity contribution in [2.75, 3.05) is 6.54 Å². The van der Waals surface area contributed by atoms with Crippen LogP contribution in [0.5, 0.6) is 0 Å². The number of imide groups is 1. The first-order chi connectivity index (χ1) is 12.5. The third-order valence-electron chi connectivity index (χ3n) is 3.46. The quantitative estimate of drug-likeness (QED) is 0.768. The molecule has 2 amide bonds. The summed E-state index contributed by atoms with van der Waals surface area (Å²) in [4.78, 5) is 35.9. The first-order valence-corrected chi connectivity index (χ1v) is 8.65. The molecule has 1 N–H and O–H groups in total. The molecule has 26 heavy (non-hydrogen) atoms. The van der Waals surface area contributed by atoms with Crippen molar-refractivity contribution in [1.29, 1.82) is 0 Å². The van der Waals surface area contributed by atoms with Gasteiger partial charge in [-0.15, -0.1) is 0 Å². The second kappa shape index (κ2) is 7.63. The fourth-order valence-corrected chi connectivity index (χ4v) is 3.34. The van der Waals surface area contributed by atoms with Crippen molar-refractivity contribution >= 4 is 46.6 Å². The summed E-state index contributed by atoms with van der Waals surface area (Å²) in [6, 6.07) is 10.6. The van der Waals surface area contributed by atoms with Gasteiger partial charge in [0.2, 0.25) is 0 Å². The molecular formula is C18H12ClNO5S. The molecule has 0 aliphatic carbocycles. The number of furan rings is 1. The summed E-state index contributed by atoms with van der Waals surface area (Å²) >= 11 is 6.91. The molecule has 8 heteroatoms. The van der Waals surface area contributed by atoms with Crippen LogP contribution in [-0.4, -0.2) is 33.7 Å². The van der Waals surface area contributed by atoms with E-state index in [2.05, 4.69) is 0 Å². The molecule has 1 aromatic heterocycles. The number of benzene rings is 1. The van der Waals surface area contributed by atoms with Crippen LogP contribution in [0.15, 0.2) is 57.9 Å². The number of hydrogen-bond donors (Lipinski definition) is 1. The smallest absolute Gasteiger partial charge is 0.328 e. The predicted octanol–water partition coefficient (Wildman–Crippen LogP) is 4.28. The molecule has 0 unspecified atom stereocenters. The van der Waals surface area contributed by atoms with Gasteiger partial charge in [0, 0.05) is 24.3 Å². The molecule has 0 atom stereocenters. The van der Waals surface area contributed by atoms with Crippen LogP contribution in [-0.2, 0) is 9.59 Å². The summed E-state index contributed by atoms with van der Waals surface area (Å²) in [7, 11) is 0. The highest BCUT2D eigenvalue weighted by Gasteiger charge is 2.34. The second-order valence-electron chi connectivity index (χ2n) is 5.21. The van der Waals surface area contributed by atoms with Gasteiger partial charge in [-0.05, 0) is 36.0 Å². The maximum absolute atomic E-state index is 12.3. The number of hydrogen-bond acceptors (Lipinski definition) is 5. The van der Waals surface area contributed by atoms with Crippen molar-refractivity contribution in [3.8, 4) is 11.3 Å². The van der Waals surface area contributed by atoms with Gasteiger partial charge >= 0.3 is 5.97 Å². The van der Waals surface area contributed by atoms with Gasteiger partial charge in [-0.2, -0.15) is 0 Å². The van der Waals surface area contributed by atoms with E-state index in [1.807, 2.05) is 18.2 Å². The zero-order valence-corrected chi connectivity index (χ0v) is 14.8. The minimum atomic E-state index is -1.14. The number of carboxylic acids is 1. The van der Waals surface area contributed by atoms with Gasteiger partial charge in [0.1, 0.15) is 11.5 Å². The lowest BCUT2D eigenvalue weighted by Crippen LogP contribution is -2.28. The van der Waals surface area contributed by atoms with Crippen LogP contribution in [0.1, 0.15) is 5.76 Å². The molecule has 0 bridgehead atoms. The van der Waals surface area contributed by atoms with Crippen LogP contribution < -0.4 is 0 Å². The Labute approximate surface area is 157 Å². The largest absolute Gasteiger partial charge is 0.478 e. The topological polar surface area (TPSA) is 87.8 Å². The Morgan fingerprint density at radius 2 is 2.00 bits per heavy atom. The molecule has 0 spiro atoms. The summed E-state index contributed by atoms with van der Waals surface area (Å²) in [6.45, 7) is -0.0999. The van der Waals surface area contributed by atoms with E-state index < -0.39 is 17.1 Å². The van der Waals surface area contributed by atoms with Crippen molar-refractivity contribution in [3.05, 3.63) is 64.2 Å². The van der Waals surface area contributed by atoms with Gasteiger partial charge in [-0.3, -0.25) is 14.5 Å². The molecule has 1 fully saturated rings. The molecule has 2 aromatic rings. The minimum absolute atomic E-state index is 0.0999. The number of carbonyl (C=O) groups excluding carboxylic acids is 2. The van der Waals surface area contributed by atoms with Gasteiger partial charge in [-0.1, -0.05) is 29.8 Å². The third-order valence-corrected chi connectivity index (χ3v) is 4.70. The van der Waals surface area contributed by atoms with E-state index >= 15 is 0 Å². The number of amides is 2. The number of halogens is 1. The van der Waals surface area contributed by atoms with E-state index in [1.54, 1.807) is 18.2 Å². The van der Waals surface area contributed by atoms with Gasteiger partial charge in [0.05, 0.1) is 9.93 Å². The molecule has 132 valence electrons. The predicted molar refractivity (Wildman–Crippen MR) is 98.6 cm³/mol. The summed E-state index contributed by atoms with van der Waals surface area (Å²) in [5, 5.41) is 8.65. The maximum Gasteiger partial charge on any atom is 0.328 e. The zero-order valence-electron chi connectivity index (χ0n) is 13.2. The lowest BCUT2D eigenvalue weighted by molar-refractivity contribution is -0.131. The Balaban J connectivity index is 1.79. The van der Waals surface area contributed by atoms with Crippen LogP contribution in [0.3, 0.4) is 0 Å². The molecule has 0 saturated carbocycles. The Hall–Kier alpha value is -2.77. The Morgan fingerprint density at radius 1 is 1.23 bits per heavy atom. The van der Waals surface area contributed by atoms with Crippen molar-refractivity contribution in [3.63, 3.8) is 0 Å². The summed E-state index contributed by atoms with van der Waals surface area (Å²) in [5.41, 5.74) is 0.723. The summed E-state index contributed by atoms with van der Waals surface area (Å²) < 4.78 is 5.70. The highest BCUT2D eigenvalue weighted by atomic mass is 35.5. The minimum Gasteiger partial charge on any atom is -0.478 e. The first-order valence-electron chi connectivity index (χ1n) is 7.45. The monoisotopic (exact) mass is 389 g/mol. The number of nitrogens with zero attached hydrogens (tertiary/aromatic N) is 1. The Kier molecular flexibility index (Phi) is 5.29. The lowest BCUT2D eigenvalue weighted by Gasteiger charge is -2.07. The number of carbonyl (C=O) groups is 3. The molecule has 3 rings (SSSR count). The third kappa shape index (κ3) is 3.89. The SMILES string of the molecule is O=C(O)/C=C/CN1C(=O)S/C(=C\c2ccc(-c3ccccc3Cl)o2)C1=O. The van der Waals surface area contributed by atoms with Crippen LogP contribution in [0.2, 0.25) is 5.02 Å². The van der Waals surface area contributed by atoms with Crippen molar-refractivity contribution in [2.24, 2.45) is 0 Å². The molecule has 1 saturated heterocycles. The van der Waals surface area contributed by atoms with E-state index in [4.69, 9.17) is 21.1 Å². The summed E-state index contributed by atoms with van der Waals surface area (Å²) in [5.74, 6) is -0.682. The fraction of sp³-hybridized carbons (Fsp3) is 0.0556. The number of thioether (sulfide) groups is 1. The highest BCUT2D eigenvalue weighted by Crippen LogP contribution is 2.34. The number of rotatable bonds is 5. The molecule has 1 aliphatic heterocycles. The van der Waals surface area contributed by atoms with E-state index in [1.165, 1.54) is 12.2 Å². The van der Waals surface area contributed by atoms with Crippen molar-refractivity contribution in [2.45, 2.75) is 0 Å². The number of carboxylic acid groups (broad SMARTS) is 1. The van der Waals surface area contributed by atoms with Crippen LogP contribution in [0.25, 0.3) is 17.4 Å². The Morgan fingerprint density at radius 3 is 2.73 bits per heavy atom. The van der Waals surface area contributed by atoms with E-state index in [0.29, 0.717) is 16.5 Å². The number of aliphatic carboxylic acids is 1. The van der Waals surface area contributed by atoms with Gasteiger partial charge in [0.15, 0.2) is 0 Å². The van der Waals surface area contributed by atoms with Crippen LogP contribution in [0, 0.1) is 0 Å². The second-order valence-corrected chi connectivity index (χ2v) is 6.62. The summed E-state index contributed by atoms with van der Waals surface area (Å²) in [6.07, 6.45) is 3.60. The van der Waals surface area contributed by atoms with Crippen LogP contribution in [0.4, 0.5) is 4.79 Å². The van der Waals surface area contributed by atoms with E-state index in [0.717, 1.165) is 28.3 Å². The van der Waals surface area contributed by atoms with Crippen molar-refractivity contribution < 1.29 is 23.9 Å². The van der Waals surface area contributed by atoms with Gasteiger partial charge in [-0.25, -0.2) is 4.79 Å². The maximum atomic E-state index is 12.3. The molecule has 1 aliphatic rings. The molecule has 2 heterocycles. The molecule has 1 aromatic carbocycles. The van der Waals surface area contributed by atoms with E-state index in [9.17, 15) is 14.4 Å². The molecule has 0 radical (unpaired) electrons. The van der Waals surface area contributed by atoms with E-state index in [-0.39, 0.29) is 11.4 Å². The normalized spacial score (nSPS) is 16.2. The average Bonchev–Trinajstić information content (AvgIpc) is 3.15. The highest BCUT2D eigenvalue weighted by molar-refractivity contribution is 8.18. The Bertz CT molecular complexity index is 947. The lowest BCUT2D eigenvalue weighted by atomic mass is 10.2. The molecular weight excluding hydrogens is 378 g/mol. The average molecular weight is 390 g/mol.